The largest absolute Gasteiger partial charge is 0.372 e. The lowest BCUT2D eigenvalue weighted by molar-refractivity contribution is 0.106. The second-order valence-electron chi connectivity index (χ2n) is 7.08. The van der Waals surface area contributed by atoms with Crippen molar-refractivity contribution in [2.45, 2.75) is 24.7 Å². The summed E-state index contributed by atoms with van der Waals surface area (Å²) in [6.07, 6.45) is 0. The van der Waals surface area contributed by atoms with Crippen LogP contribution in [-0.2, 0) is 34.5 Å². The SMILES string of the molecule is O=S(=O)(NCc1ccccc1COCc1ccccc1)c1ccc2ccccc2c1. The average molecular weight is 418 g/mol. The summed E-state index contributed by atoms with van der Waals surface area (Å²) >= 11 is 0. The van der Waals surface area contributed by atoms with Crippen LogP contribution >= 0.6 is 0 Å². The van der Waals surface area contributed by atoms with E-state index in [0.29, 0.717) is 13.2 Å². The van der Waals surface area contributed by atoms with Gasteiger partial charge in [-0.1, -0.05) is 84.9 Å². The van der Waals surface area contributed by atoms with Gasteiger partial charge in [0, 0.05) is 6.54 Å². The molecule has 152 valence electrons. The fourth-order valence-corrected chi connectivity index (χ4v) is 4.36. The van der Waals surface area contributed by atoms with Gasteiger partial charge < -0.3 is 4.74 Å². The van der Waals surface area contributed by atoms with E-state index in [9.17, 15) is 8.42 Å². The van der Waals surface area contributed by atoms with Gasteiger partial charge >= 0.3 is 0 Å². The Bertz CT molecular complexity index is 1240. The molecule has 0 spiro atoms. The predicted molar refractivity (Wildman–Crippen MR) is 119 cm³/mol. The maximum atomic E-state index is 12.8. The number of ether oxygens (including phenoxy) is 1. The molecule has 1 N–H and O–H groups in total. The number of nitrogens with one attached hydrogen (secondary N) is 1. The number of fused-ring (bicyclic) bond motifs is 1. The molecule has 4 nitrogen and oxygen atoms in total. The molecule has 0 saturated carbocycles. The number of hydrogen-bond donors (Lipinski definition) is 1. The van der Waals surface area contributed by atoms with E-state index in [2.05, 4.69) is 4.72 Å². The Kier molecular flexibility index (Phi) is 6.23. The Morgan fingerprint density at radius 1 is 0.667 bits per heavy atom. The Morgan fingerprint density at radius 2 is 1.33 bits per heavy atom. The monoisotopic (exact) mass is 417 g/mol. The highest BCUT2D eigenvalue weighted by Crippen LogP contribution is 2.19. The summed E-state index contributed by atoms with van der Waals surface area (Å²) in [6, 6.07) is 30.6. The summed E-state index contributed by atoms with van der Waals surface area (Å²) in [5.41, 5.74) is 2.97. The minimum atomic E-state index is -3.62. The Morgan fingerprint density at radius 3 is 2.13 bits per heavy atom. The van der Waals surface area contributed by atoms with Crippen LogP contribution < -0.4 is 4.72 Å². The number of sulfonamides is 1. The van der Waals surface area contributed by atoms with E-state index in [4.69, 9.17) is 4.74 Å². The van der Waals surface area contributed by atoms with Crippen molar-refractivity contribution in [2.75, 3.05) is 0 Å². The lowest BCUT2D eigenvalue weighted by Gasteiger charge is -2.12. The molecule has 4 aromatic rings. The second-order valence-corrected chi connectivity index (χ2v) is 8.85. The third-order valence-electron chi connectivity index (χ3n) is 4.97. The van der Waals surface area contributed by atoms with Crippen molar-refractivity contribution in [1.82, 2.24) is 4.72 Å². The first-order valence-electron chi connectivity index (χ1n) is 9.79. The molecule has 0 aliphatic carbocycles. The fourth-order valence-electron chi connectivity index (χ4n) is 3.31. The summed E-state index contributed by atoms with van der Waals surface area (Å²) in [4.78, 5) is 0.263. The van der Waals surface area contributed by atoms with Crippen molar-refractivity contribution in [1.29, 1.82) is 0 Å². The van der Waals surface area contributed by atoms with Crippen LogP contribution in [0.3, 0.4) is 0 Å². The van der Waals surface area contributed by atoms with Crippen LogP contribution in [0.4, 0.5) is 0 Å². The maximum Gasteiger partial charge on any atom is 0.240 e. The number of benzene rings is 4. The highest BCUT2D eigenvalue weighted by molar-refractivity contribution is 7.89. The van der Waals surface area contributed by atoms with Gasteiger partial charge in [0.1, 0.15) is 0 Å². The van der Waals surface area contributed by atoms with Crippen LogP contribution in [0.5, 0.6) is 0 Å². The third kappa shape index (κ3) is 4.94. The van der Waals surface area contributed by atoms with Crippen LogP contribution in [0.1, 0.15) is 16.7 Å². The van der Waals surface area contributed by atoms with Crippen molar-refractivity contribution >= 4 is 20.8 Å². The van der Waals surface area contributed by atoms with Gasteiger partial charge in [-0.2, -0.15) is 0 Å². The molecule has 0 aromatic heterocycles. The zero-order chi connectivity index (χ0) is 20.8. The van der Waals surface area contributed by atoms with E-state index in [0.717, 1.165) is 27.5 Å². The molecule has 0 saturated heterocycles. The Balaban J connectivity index is 1.43. The zero-order valence-corrected chi connectivity index (χ0v) is 17.3. The molecule has 0 unspecified atom stereocenters. The van der Waals surface area contributed by atoms with Crippen molar-refractivity contribution in [3.05, 3.63) is 114 Å². The predicted octanol–water partition coefficient (Wildman–Crippen LogP) is 5.04. The van der Waals surface area contributed by atoms with Gasteiger partial charge in [-0.15, -0.1) is 0 Å². The van der Waals surface area contributed by atoms with E-state index in [1.54, 1.807) is 12.1 Å². The van der Waals surface area contributed by atoms with Gasteiger partial charge in [0.05, 0.1) is 18.1 Å². The Hall–Kier alpha value is -2.99. The molecule has 0 atom stereocenters. The van der Waals surface area contributed by atoms with Gasteiger partial charge in [-0.3, -0.25) is 0 Å². The first-order chi connectivity index (χ1) is 14.6. The molecule has 0 amide bonds. The maximum absolute atomic E-state index is 12.8. The molecule has 0 radical (unpaired) electrons. The molecule has 0 heterocycles. The van der Waals surface area contributed by atoms with Gasteiger partial charge in [0.2, 0.25) is 10.0 Å². The summed E-state index contributed by atoms with van der Waals surface area (Å²) < 4.78 is 34.2. The summed E-state index contributed by atoms with van der Waals surface area (Å²) in [5.74, 6) is 0. The normalized spacial score (nSPS) is 11.6. The van der Waals surface area contributed by atoms with Gasteiger partial charge in [-0.05, 0) is 39.6 Å². The molecule has 0 aliphatic heterocycles. The van der Waals surface area contributed by atoms with Crippen LogP contribution in [-0.4, -0.2) is 8.42 Å². The third-order valence-corrected chi connectivity index (χ3v) is 6.37. The molecular weight excluding hydrogens is 394 g/mol. The molecule has 5 heteroatoms. The Labute approximate surface area is 177 Å². The van der Waals surface area contributed by atoms with E-state index in [-0.39, 0.29) is 11.4 Å². The standard InChI is InChI=1S/C25H23NO3S/c27-30(28,25-15-14-21-10-4-5-11-22(21)16-25)26-17-23-12-6-7-13-24(23)19-29-18-20-8-2-1-3-9-20/h1-16,26H,17-19H2. The minimum absolute atomic E-state index is 0.208. The van der Waals surface area contributed by atoms with Crippen LogP contribution in [0.15, 0.2) is 102 Å². The van der Waals surface area contributed by atoms with Crippen LogP contribution in [0.2, 0.25) is 0 Å². The molecular formula is C25H23NO3S. The number of hydrogen-bond acceptors (Lipinski definition) is 3. The van der Waals surface area contributed by atoms with Crippen molar-refractivity contribution < 1.29 is 13.2 Å². The highest BCUT2D eigenvalue weighted by atomic mass is 32.2. The molecule has 0 fully saturated rings. The first-order valence-corrected chi connectivity index (χ1v) is 11.3. The van der Waals surface area contributed by atoms with Crippen molar-refractivity contribution in [3.63, 3.8) is 0 Å². The van der Waals surface area contributed by atoms with E-state index in [1.165, 1.54) is 0 Å². The molecule has 30 heavy (non-hydrogen) atoms. The van der Waals surface area contributed by atoms with E-state index >= 15 is 0 Å². The van der Waals surface area contributed by atoms with Gasteiger partial charge in [0.15, 0.2) is 0 Å². The zero-order valence-electron chi connectivity index (χ0n) is 16.5. The minimum Gasteiger partial charge on any atom is -0.372 e. The van der Waals surface area contributed by atoms with Crippen molar-refractivity contribution in [2.24, 2.45) is 0 Å². The molecule has 0 bridgehead atoms. The number of rotatable bonds is 8. The topological polar surface area (TPSA) is 55.4 Å². The lowest BCUT2D eigenvalue weighted by atomic mass is 10.1. The highest BCUT2D eigenvalue weighted by Gasteiger charge is 2.15. The van der Waals surface area contributed by atoms with Gasteiger partial charge in [0.25, 0.3) is 0 Å². The fraction of sp³-hybridized carbons (Fsp3) is 0.120. The van der Waals surface area contributed by atoms with E-state index < -0.39 is 10.0 Å². The van der Waals surface area contributed by atoms with E-state index in [1.807, 2.05) is 84.9 Å². The molecule has 0 aliphatic rings. The van der Waals surface area contributed by atoms with Crippen LogP contribution in [0.25, 0.3) is 10.8 Å². The molecule has 4 rings (SSSR count). The summed E-state index contributed by atoms with van der Waals surface area (Å²) in [5, 5.41) is 1.91. The average Bonchev–Trinajstić information content (AvgIpc) is 2.79. The second kappa shape index (κ2) is 9.22. The van der Waals surface area contributed by atoms with Gasteiger partial charge in [-0.25, -0.2) is 13.1 Å². The molecule has 4 aromatic carbocycles. The van der Waals surface area contributed by atoms with Crippen LogP contribution in [0, 0.1) is 0 Å². The quantitative estimate of drug-likeness (QED) is 0.437. The summed E-state index contributed by atoms with van der Waals surface area (Å²) in [7, 11) is -3.62. The van der Waals surface area contributed by atoms with Crippen molar-refractivity contribution in [3.8, 4) is 0 Å². The summed E-state index contributed by atoms with van der Waals surface area (Å²) in [6.45, 7) is 1.14. The first kappa shape index (κ1) is 20.3. The smallest absolute Gasteiger partial charge is 0.240 e. The lowest BCUT2D eigenvalue weighted by Crippen LogP contribution is -2.23.